The number of hydrogen-bond donors (Lipinski definition) is 4. The van der Waals surface area contributed by atoms with Crippen molar-refractivity contribution in [2.75, 3.05) is 13.1 Å². The van der Waals surface area contributed by atoms with E-state index in [-0.39, 0.29) is 6.32 Å². The molecule has 2 rings (SSSR count). The molecule has 128 valence electrons. The van der Waals surface area contributed by atoms with E-state index in [4.69, 9.17) is 15.8 Å². The lowest BCUT2D eigenvalue weighted by Gasteiger charge is -2.31. The number of rotatable bonds is 9. The molecule has 1 aromatic heterocycles. The third-order valence-electron chi connectivity index (χ3n) is 4.52. The summed E-state index contributed by atoms with van der Waals surface area (Å²) in [5, 5.41) is 29.2. The van der Waals surface area contributed by atoms with E-state index >= 15 is 0 Å². The molecule has 0 aliphatic carbocycles. The summed E-state index contributed by atoms with van der Waals surface area (Å²) in [5.74, 6) is -0.977. The van der Waals surface area contributed by atoms with Crippen molar-refractivity contribution < 1.29 is 19.9 Å². The van der Waals surface area contributed by atoms with Gasteiger partial charge in [-0.15, -0.1) is 11.3 Å². The summed E-state index contributed by atoms with van der Waals surface area (Å²) >= 11 is 1.79. The van der Waals surface area contributed by atoms with E-state index < -0.39 is 18.6 Å². The van der Waals surface area contributed by atoms with Gasteiger partial charge in [0.15, 0.2) is 0 Å². The van der Waals surface area contributed by atoms with E-state index in [1.165, 1.54) is 10.4 Å². The van der Waals surface area contributed by atoms with E-state index in [9.17, 15) is 9.90 Å². The zero-order valence-electron chi connectivity index (χ0n) is 13.3. The molecule has 0 saturated heterocycles. The van der Waals surface area contributed by atoms with Gasteiger partial charge in [-0.25, -0.2) is 0 Å². The highest BCUT2D eigenvalue weighted by Gasteiger charge is 2.34. The number of carboxylic acids is 1. The Morgan fingerprint density at radius 3 is 2.87 bits per heavy atom. The molecule has 1 aliphatic heterocycles. The summed E-state index contributed by atoms with van der Waals surface area (Å²) in [4.78, 5) is 15.2. The predicted molar refractivity (Wildman–Crippen MR) is 91.3 cm³/mol. The Labute approximate surface area is 141 Å². The van der Waals surface area contributed by atoms with Crippen LogP contribution in [0.4, 0.5) is 0 Å². The Hall–Kier alpha value is -0.925. The minimum atomic E-state index is -1.33. The number of nitrogens with two attached hydrogens (primary N) is 1. The van der Waals surface area contributed by atoms with E-state index in [1.807, 2.05) is 0 Å². The summed E-state index contributed by atoms with van der Waals surface area (Å²) < 4.78 is 0. The molecule has 0 radical (unpaired) electrons. The van der Waals surface area contributed by atoms with Gasteiger partial charge >= 0.3 is 13.1 Å². The number of thiophene rings is 1. The summed E-state index contributed by atoms with van der Waals surface area (Å²) in [6.45, 7) is 2.48. The van der Waals surface area contributed by atoms with Crippen LogP contribution in [-0.4, -0.2) is 51.8 Å². The van der Waals surface area contributed by atoms with Crippen LogP contribution in [0.1, 0.15) is 36.1 Å². The second-order valence-corrected chi connectivity index (χ2v) is 7.33. The highest BCUT2D eigenvalue weighted by Crippen LogP contribution is 2.25. The smallest absolute Gasteiger partial charge is 0.451 e. The van der Waals surface area contributed by atoms with Crippen molar-refractivity contribution in [2.45, 2.75) is 50.5 Å². The fraction of sp³-hybridized carbons (Fsp3) is 0.667. The van der Waals surface area contributed by atoms with Crippen LogP contribution in [0.5, 0.6) is 0 Å². The molecule has 0 spiro atoms. The zero-order valence-corrected chi connectivity index (χ0v) is 14.1. The summed E-state index contributed by atoms with van der Waals surface area (Å²) in [6, 6.07) is 2.14. The number of carboxylic acid groups (broad SMARTS) is 1. The van der Waals surface area contributed by atoms with Crippen LogP contribution in [0.25, 0.3) is 0 Å². The number of unbranched alkanes of at least 4 members (excludes halogenated alkanes) is 1. The van der Waals surface area contributed by atoms with Gasteiger partial charge < -0.3 is 20.9 Å². The summed E-state index contributed by atoms with van der Waals surface area (Å²) in [5.41, 5.74) is 6.20. The van der Waals surface area contributed by atoms with Gasteiger partial charge in [0.2, 0.25) is 0 Å². The summed E-state index contributed by atoms with van der Waals surface area (Å²) in [7, 11) is -1.33. The number of aliphatic carboxylic acids is 1. The fourth-order valence-electron chi connectivity index (χ4n) is 2.96. The molecule has 6 nitrogen and oxygen atoms in total. The maximum absolute atomic E-state index is 11.5. The van der Waals surface area contributed by atoms with E-state index in [0.29, 0.717) is 32.2 Å². The predicted octanol–water partition coefficient (Wildman–Crippen LogP) is 0.921. The van der Waals surface area contributed by atoms with Crippen molar-refractivity contribution in [1.29, 1.82) is 0 Å². The van der Waals surface area contributed by atoms with Crippen LogP contribution in [0, 0.1) is 0 Å². The first kappa shape index (κ1) is 18.4. The van der Waals surface area contributed by atoms with Crippen LogP contribution in [0.15, 0.2) is 11.4 Å². The fourth-order valence-corrected chi connectivity index (χ4v) is 3.85. The SMILES string of the molecule is N[C@](CCCCB(O)O)(CCN1CCc2sccc2C1)C(=O)O. The van der Waals surface area contributed by atoms with Crippen LogP contribution in [0.3, 0.4) is 0 Å². The maximum atomic E-state index is 11.5. The molecule has 0 saturated carbocycles. The van der Waals surface area contributed by atoms with Gasteiger partial charge in [-0.3, -0.25) is 9.69 Å². The van der Waals surface area contributed by atoms with Crippen molar-refractivity contribution in [1.82, 2.24) is 4.90 Å². The number of hydrogen-bond acceptors (Lipinski definition) is 6. The maximum Gasteiger partial charge on any atom is 0.451 e. The van der Waals surface area contributed by atoms with Crippen LogP contribution in [-0.2, 0) is 17.8 Å². The number of carbonyl (C=O) groups is 1. The molecule has 0 fully saturated rings. The molecule has 5 N–H and O–H groups in total. The summed E-state index contributed by atoms with van der Waals surface area (Å²) in [6.07, 6.45) is 3.17. The molecule has 2 heterocycles. The number of fused-ring (bicyclic) bond motifs is 1. The normalized spacial score (nSPS) is 17.5. The second kappa shape index (κ2) is 8.26. The van der Waals surface area contributed by atoms with Crippen LogP contribution >= 0.6 is 11.3 Å². The standard InChI is InChI=1S/C15H25BN2O4S/c17-15(14(19)20,5-1-2-7-16(21)22)6-9-18-8-3-13-12(11-18)4-10-23-13/h4,10,21-22H,1-3,5-9,11,17H2,(H,19,20)/t15-/m1/s1. The van der Waals surface area contributed by atoms with Crippen molar-refractivity contribution in [3.8, 4) is 0 Å². The monoisotopic (exact) mass is 340 g/mol. The Morgan fingerprint density at radius 1 is 1.39 bits per heavy atom. The molecule has 0 unspecified atom stereocenters. The van der Waals surface area contributed by atoms with Crippen molar-refractivity contribution in [3.63, 3.8) is 0 Å². The Bertz CT molecular complexity index is 525. The third kappa shape index (κ3) is 5.29. The van der Waals surface area contributed by atoms with Gasteiger partial charge in [0.05, 0.1) is 0 Å². The minimum absolute atomic E-state index is 0.253. The molecule has 1 atom stereocenters. The average Bonchev–Trinajstić information content (AvgIpc) is 2.97. The first-order valence-electron chi connectivity index (χ1n) is 8.07. The van der Waals surface area contributed by atoms with E-state index in [2.05, 4.69) is 16.3 Å². The van der Waals surface area contributed by atoms with E-state index in [1.54, 1.807) is 11.3 Å². The third-order valence-corrected chi connectivity index (χ3v) is 5.55. The first-order valence-corrected chi connectivity index (χ1v) is 8.95. The van der Waals surface area contributed by atoms with Crippen molar-refractivity contribution in [2.24, 2.45) is 5.73 Å². The molecule has 1 aliphatic rings. The molecular formula is C15H25BN2O4S. The molecule has 23 heavy (non-hydrogen) atoms. The quantitative estimate of drug-likeness (QED) is 0.393. The van der Waals surface area contributed by atoms with Crippen LogP contribution in [0.2, 0.25) is 6.32 Å². The van der Waals surface area contributed by atoms with Crippen molar-refractivity contribution >= 4 is 24.4 Å². The van der Waals surface area contributed by atoms with Gasteiger partial charge in [-0.2, -0.15) is 0 Å². The highest BCUT2D eigenvalue weighted by molar-refractivity contribution is 7.10. The zero-order chi connectivity index (χ0) is 16.9. The van der Waals surface area contributed by atoms with Crippen LogP contribution < -0.4 is 5.73 Å². The molecule has 1 aromatic rings. The molecule has 8 heteroatoms. The molecular weight excluding hydrogens is 315 g/mol. The van der Waals surface area contributed by atoms with Gasteiger partial charge in [-0.1, -0.05) is 12.8 Å². The van der Waals surface area contributed by atoms with Gasteiger partial charge in [0, 0.05) is 24.5 Å². The average molecular weight is 340 g/mol. The lowest BCUT2D eigenvalue weighted by molar-refractivity contribution is -0.144. The highest BCUT2D eigenvalue weighted by atomic mass is 32.1. The van der Waals surface area contributed by atoms with Crippen molar-refractivity contribution in [3.05, 3.63) is 21.9 Å². The van der Waals surface area contributed by atoms with Gasteiger partial charge in [0.1, 0.15) is 5.54 Å². The largest absolute Gasteiger partial charge is 0.480 e. The first-order chi connectivity index (χ1) is 10.9. The minimum Gasteiger partial charge on any atom is -0.480 e. The van der Waals surface area contributed by atoms with Gasteiger partial charge in [0.25, 0.3) is 0 Å². The second-order valence-electron chi connectivity index (χ2n) is 6.33. The Balaban J connectivity index is 1.81. The van der Waals surface area contributed by atoms with E-state index in [0.717, 1.165) is 19.5 Å². The Morgan fingerprint density at radius 2 is 2.17 bits per heavy atom. The topological polar surface area (TPSA) is 107 Å². The number of nitrogens with zero attached hydrogens (tertiary/aromatic N) is 1. The lowest BCUT2D eigenvalue weighted by Crippen LogP contribution is -2.50. The van der Waals surface area contributed by atoms with Gasteiger partial charge in [-0.05, 0) is 42.6 Å². The Kier molecular flexibility index (Phi) is 6.61. The molecule has 0 aromatic carbocycles. The molecule has 0 amide bonds. The lowest BCUT2D eigenvalue weighted by atomic mass is 9.81. The molecule has 0 bridgehead atoms.